The quantitative estimate of drug-likeness (QED) is 0.598. The van der Waals surface area contributed by atoms with Crippen LogP contribution in [0.2, 0.25) is 15.1 Å². The third-order valence-electron chi connectivity index (χ3n) is 3.41. The third-order valence-corrected chi connectivity index (χ3v) is 4.21. The molecule has 0 bridgehead atoms. The van der Waals surface area contributed by atoms with Crippen LogP contribution in [-0.4, -0.2) is 15.9 Å². The van der Waals surface area contributed by atoms with E-state index >= 15 is 0 Å². The number of hydrogen-bond acceptors (Lipinski definition) is 2. The van der Waals surface area contributed by atoms with Crippen LogP contribution in [0.1, 0.15) is 16.2 Å². The number of imidazole rings is 1. The van der Waals surface area contributed by atoms with Crippen LogP contribution in [0.25, 0.3) is 0 Å². The summed E-state index contributed by atoms with van der Waals surface area (Å²) < 4.78 is 0. The smallest absolute Gasteiger partial charge is 0.260 e. The van der Waals surface area contributed by atoms with Gasteiger partial charge < -0.3 is 9.88 Å². The Balaban J connectivity index is 0.00000225. The van der Waals surface area contributed by atoms with Crippen molar-refractivity contribution >= 4 is 58.8 Å². The summed E-state index contributed by atoms with van der Waals surface area (Å²) in [5.74, 6) is 0.402. The van der Waals surface area contributed by atoms with E-state index in [0.717, 1.165) is 0 Å². The lowest BCUT2D eigenvalue weighted by molar-refractivity contribution is 0.0984. The largest absolute Gasteiger partial charge is 0.347 e. The molecular weight excluding hydrogens is 404 g/mol. The van der Waals surface area contributed by atoms with Crippen LogP contribution < -0.4 is 4.90 Å². The monoisotopic (exact) mass is 415 g/mol. The summed E-state index contributed by atoms with van der Waals surface area (Å²) in [6.45, 7) is 0.270. The Bertz CT molecular complexity index is 851. The van der Waals surface area contributed by atoms with Gasteiger partial charge in [-0.3, -0.25) is 4.79 Å². The van der Waals surface area contributed by atoms with Gasteiger partial charge >= 0.3 is 0 Å². The van der Waals surface area contributed by atoms with Crippen LogP contribution in [-0.2, 0) is 6.54 Å². The van der Waals surface area contributed by atoms with E-state index < -0.39 is 0 Å². The van der Waals surface area contributed by atoms with Gasteiger partial charge in [-0.15, -0.1) is 12.4 Å². The zero-order valence-electron chi connectivity index (χ0n) is 12.7. The number of carbonyl (C=O) groups excluding carboxylic acids is 1. The predicted octanol–water partition coefficient (Wildman–Crippen LogP) is 5.64. The van der Waals surface area contributed by atoms with Gasteiger partial charge in [0, 0.05) is 28.1 Å². The Morgan fingerprint density at radius 2 is 1.72 bits per heavy atom. The van der Waals surface area contributed by atoms with E-state index in [9.17, 15) is 4.79 Å². The summed E-state index contributed by atoms with van der Waals surface area (Å²) in [6, 6.07) is 11.8. The second-order valence-electron chi connectivity index (χ2n) is 5.03. The van der Waals surface area contributed by atoms with Crippen molar-refractivity contribution in [3.05, 3.63) is 81.3 Å². The van der Waals surface area contributed by atoms with Crippen molar-refractivity contribution < 1.29 is 4.79 Å². The first-order valence-electron chi connectivity index (χ1n) is 7.05. The van der Waals surface area contributed by atoms with E-state index in [-0.39, 0.29) is 24.9 Å². The van der Waals surface area contributed by atoms with Crippen molar-refractivity contribution in [1.29, 1.82) is 0 Å². The average Bonchev–Trinajstić information content (AvgIpc) is 3.06. The van der Waals surface area contributed by atoms with Gasteiger partial charge in [0.25, 0.3) is 5.91 Å². The van der Waals surface area contributed by atoms with Gasteiger partial charge in [-0.1, -0.05) is 34.8 Å². The first-order chi connectivity index (χ1) is 11.5. The summed E-state index contributed by atoms with van der Waals surface area (Å²) >= 11 is 18.0. The predicted molar refractivity (Wildman–Crippen MR) is 104 cm³/mol. The molecule has 4 nitrogen and oxygen atoms in total. The molecule has 1 aromatic heterocycles. The molecule has 0 aliphatic carbocycles. The highest BCUT2D eigenvalue weighted by atomic mass is 35.5. The minimum absolute atomic E-state index is 0. The van der Waals surface area contributed by atoms with Crippen molar-refractivity contribution in [3.8, 4) is 0 Å². The highest BCUT2D eigenvalue weighted by molar-refractivity contribution is 6.37. The van der Waals surface area contributed by atoms with Crippen LogP contribution in [0.15, 0.2) is 54.9 Å². The number of anilines is 1. The topological polar surface area (TPSA) is 49.0 Å². The number of H-pyrrole nitrogens is 1. The second kappa shape index (κ2) is 8.59. The highest BCUT2D eigenvalue weighted by Crippen LogP contribution is 2.26. The molecule has 0 radical (unpaired) electrons. The minimum atomic E-state index is -0.254. The summed E-state index contributed by atoms with van der Waals surface area (Å²) in [6.07, 6.45) is 3.34. The molecule has 2 aromatic carbocycles. The molecule has 0 saturated carbocycles. The van der Waals surface area contributed by atoms with Crippen molar-refractivity contribution in [2.75, 3.05) is 4.90 Å². The summed E-state index contributed by atoms with van der Waals surface area (Å²) in [7, 11) is 0. The molecule has 3 rings (SSSR count). The minimum Gasteiger partial charge on any atom is -0.347 e. The number of amides is 1. The normalized spacial score (nSPS) is 10.2. The molecule has 0 aliphatic rings. The molecule has 8 heteroatoms. The van der Waals surface area contributed by atoms with E-state index in [1.807, 2.05) is 0 Å². The van der Waals surface area contributed by atoms with Crippen molar-refractivity contribution in [2.24, 2.45) is 0 Å². The molecule has 130 valence electrons. The van der Waals surface area contributed by atoms with E-state index in [0.29, 0.717) is 32.1 Å². The molecular formula is C17H13Cl4N3O. The molecule has 1 heterocycles. The summed E-state index contributed by atoms with van der Waals surface area (Å²) in [4.78, 5) is 21.8. The third kappa shape index (κ3) is 4.67. The van der Waals surface area contributed by atoms with Gasteiger partial charge in [0.1, 0.15) is 5.82 Å². The van der Waals surface area contributed by atoms with Crippen LogP contribution in [0.4, 0.5) is 5.69 Å². The van der Waals surface area contributed by atoms with Crippen molar-refractivity contribution in [2.45, 2.75) is 6.54 Å². The molecule has 0 fully saturated rings. The number of aromatic nitrogens is 2. The summed E-state index contributed by atoms with van der Waals surface area (Å²) in [5, 5.41) is 1.36. The Kier molecular flexibility index (Phi) is 6.73. The molecule has 0 saturated heterocycles. The number of halogens is 4. The molecule has 0 unspecified atom stereocenters. The first kappa shape index (κ1) is 19.6. The first-order valence-corrected chi connectivity index (χ1v) is 8.19. The maximum atomic E-state index is 13.0. The molecule has 25 heavy (non-hydrogen) atoms. The number of carbonyl (C=O) groups is 1. The van der Waals surface area contributed by atoms with Gasteiger partial charge in [-0.05, 0) is 42.5 Å². The average molecular weight is 417 g/mol. The zero-order chi connectivity index (χ0) is 17.1. The molecule has 0 spiro atoms. The summed E-state index contributed by atoms with van der Waals surface area (Å²) in [5.41, 5.74) is 1.05. The van der Waals surface area contributed by atoms with Crippen LogP contribution in [0, 0.1) is 0 Å². The zero-order valence-corrected chi connectivity index (χ0v) is 15.8. The van der Waals surface area contributed by atoms with E-state index in [1.54, 1.807) is 59.8 Å². The van der Waals surface area contributed by atoms with Gasteiger partial charge in [-0.25, -0.2) is 4.98 Å². The molecule has 1 N–H and O–H groups in total. The van der Waals surface area contributed by atoms with Crippen LogP contribution >= 0.6 is 47.2 Å². The molecule has 3 aromatic rings. The molecule has 0 atom stereocenters. The number of hydrogen-bond donors (Lipinski definition) is 1. The number of nitrogens with zero attached hydrogens (tertiary/aromatic N) is 2. The van der Waals surface area contributed by atoms with Gasteiger partial charge in [0.15, 0.2) is 0 Å². The van der Waals surface area contributed by atoms with Crippen molar-refractivity contribution in [3.63, 3.8) is 0 Å². The van der Waals surface area contributed by atoms with E-state index in [2.05, 4.69) is 9.97 Å². The lowest BCUT2D eigenvalue weighted by Crippen LogP contribution is -2.31. The lowest BCUT2D eigenvalue weighted by atomic mass is 10.1. The van der Waals surface area contributed by atoms with Gasteiger partial charge in [0.05, 0.1) is 17.1 Å². The van der Waals surface area contributed by atoms with Gasteiger partial charge in [0.2, 0.25) is 0 Å². The number of rotatable bonds is 4. The standard InChI is InChI=1S/C17H12Cl3N3O.ClH/c18-11-1-4-13(5-2-11)23(10-16-21-7-8-22-16)17(24)14-6-3-12(19)9-15(14)20;/h1-9H,10H2,(H,21,22);1H. The SMILES string of the molecule is Cl.O=C(c1ccc(Cl)cc1Cl)N(Cc1ncc[nH]1)c1ccc(Cl)cc1. The molecule has 0 aliphatic heterocycles. The van der Waals surface area contributed by atoms with E-state index in [4.69, 9.17) is 34.8 Å². The highest BCUT2D eigenvalue weighted by Gasteiger charge is 2.21. The maximum Gasteiger partial charge on any atom is 0.260 e. The Hall–Kier alpha value is -1.72. The van der Waals surface area contributed by atoms with Crippen LogP contribution in [0.3, 0.4) is 0 Å². The fraction of sp³-hybridized carbons (Fsp3) is 0.0588. The molecule has 1 amide bonds. The second-order valence-corrected chi connectivity index (χ2v) is 6.31. The van der Waals surface area contributed by atoms with Crippen molar-refractivity contribution in [1.82, 2.24) is 9.97 Å². The Morgan fingerprint density at radius 3 is 2.32 bits per heavy atom. The maximum absolute atomic E-state index is 13.0. The Morgan fingerprint density at radius 1 is 1.04 bits per heavy atom. The number of benzene rings is 2. The van der Waals surface area contributed by atoms with Gasteiger partial charge in [-0.2, -0.15) is 0 Å². The fourth-order valence-corrected chi connectivity index (χ4v) is 2.86. The van der Waals surface area contributed by atoms with Crippen LogP contribution in [0.5, 0.6) is 0 Å². The van der Waals surface area contributed by atoms with E-state index in [1.165, 1.54) is 0 Å². The number of nitrogens with one attached hydrogen (secondary N) is 1. The Labute approximate surface area is 166 Å². The lowest BCUT2D eigenvalue weighted by Gasteiger charge is -2.22. The number of aromatic amines is 1. The fourth-order valence-electron chi connectivity index (χ4n) is 2.24.